The predicted octanol–water partition coefficient (Wildman–Crippen LogP) is 4.10. The highest BCUT2D eigenvalue weighted by Gasteiger charge is 2.10. The first-order valence-electron chi connectivity index (χ1n) is 10.7. The lowest BCUT2D eigenvalue weighted by Gasteiger charge is -2.12. The Labute approximate surface area is 193 Å². The molecule has 0 heterocycles. The molecule has 0 aliphatic rings. The molecule has 7 heteroatoms. The fraction of sp³-hybridized carbons (Fsp3) is 0.192. The molecule has 2 N–H and O–H groups in total. The minimum absolute atomic E-state index is 0.156. The van der Waals surface area contributed by atoms with E-state index in [4.69, 9.17) is 9.47 Å². The number of nitrogens with one attached hydrogen (secondary N) is 2. The zero-order chi connectivity index (χ0) is 23.5. The van der Waals surface area contributed by atoms with Gasteiger partial charge in [0.2, 0.25) is 5.91 Å². The van der Waals surface area contributed by atoms with E-state index in [1.807, 2.05) is 68.4 Å². The van der Waals surface area contributed by atoms with Crippen molar-refractivity contribution in [3.05, 3.63) is 89.5 Å². The van der Waals surface area contributed by atoms with Gasteiger partial charge in [-0.2, -0.15) is 5.10 Å². The number of rotatable bonds is 10. The summed E-state index contributed by atoms with van der Waals surface area (Å²) in [5.74, 6) is 0.455. The van der Waals surface area contributed by atoms with Gasteiger partial charge in [-0.15, -0.1) is 0 Å². The van der Waals surface area contributed by atoms with Crippen molar-refractivity contribution in [2.45, 2.75) is 20.3 Å². The Balaban J connectivity index is 1.55. The van der Waals surface area contributed by atoms with E-state index in [9.17, 15) is 9.59 Å². The van der Waals surface area contributed by atoms with Crippen molar-refractivity contribution < 1.29 is 19.1 Å². The molecule has 170 valence electrons. The Morgan fingerprint density at radius 2 is 1.67 bits per heavy atom. The SMILES string of the molecule is CCOc1cc(/C=N/NC(=O)Cc2ccccc2)ccc1OCC(=O)Nc1ccc(C)cc1. The lowest BCUT2D eigenvalue weighted by Crippen LogP contribution is -2.20. The van der Waals surface area contributed by atoms with Gasteiger partial charge in [-0.3, -0.25) is 9.59 Å². The predicted molar refractivity (Wildman–Crippen MR) is 129 cm³/mol. The van der Waals surface area contributed by atoms with Gasteiger partial charge in [0.15, 0.2) is 18.1 Å². The van der Waals surface area contributed by atoms with Crippen LogP contribution in [0.4, 0.5) is 5.69 Å². The van der Waals surface area contributed by atoms with Gasteiger partial charge in [-0.1, -0.05) is 48.0 Å². The summed E-state index contributed by atoms with van der Waals surface area (Å²) in [7, 11) is 0. The summed E-state index contributed by atoms with van der Waals surface area (Å²) in [4.78, 5) is 24.2. The summed E-state index contributed by atoms with van der Waals surface area (Å²) in [6.45, 7) is 4.12. The quantitative estimate of drug-likeness (QED) is 0.363. The molecule has 0 aliphatic carbocycles. The maximum atomic E-state index is 12.2. The Morgan fingerprint density at radius 1 is 0.909 bits per heavy atom. The summed E-state index contributed by atoms with van der Waals surface area (Å²) in [6.07, 6.45) is 1.78. The number of ether oxygens (including phenoxy) is 2. The largest absolute Gasteiger partial charge is 0.490 e. The fourth-order valence-corrected chi connectivity index (χ4v) is 2.97. The standard InChI is InChI=1S/C26H27N3O4/c1-3-32-24-15-21(17-27-29-25(30)16-20-7-5-4-6-8-20)11-14-23(24)33-18-26(31)28-22-12-9-19(2)10-13-22/h4-15,17H,3,16,18H2,1-2H3,(H,28,31)(H,29,30)/b27-17+. The van der Waals surface area contributed by atoms with Crippen LogP contribution >= 0.6 is 0 Å². The number of anilines is 1. The maximum Gasteiger partial charge on any atom is 0.262 e. The van der Waals surface area contributed by atoms with Crippen molar-refractivity contribution in [2.75, 3.05) is 18.5 Å². The van der Waals surface area contributed by atoms with E-state index in [2.05, 4.69) is 15.8 Å². The third-order valence-corrected chi connectivity index (χ3v) is 4.57. The van der Waals surface area contributed by atoms with E-state index < -0.39 is 0 Å². The Hall–Kier alpha value is -4.13. The lowest BCUT2D eigenvalue weighted by molar-refractivity contribution is -0.120. The van der Waals surface area contributed by atoms with Gasteiger partial charge < -0.3 is 14.8 Å². The Kier molecular flexibility index (Phi) is 8.59. The molecular weight excluding hydrogens is 418 g/mol. The van der Waals surface area contributed by atoms with Crippen LogP contribution in [0.3, 0.4) is 0 Å². The molecule has 0 spiro atoms. The van der Waals surface area contributed by atoms with Crippen LogP contribution in [0.25, 0.3) is 0 Å². The van der Waals surface area contributed by atoms with Gasteiger partial charge in [0.1, 0.15) is 0 Å². The Bertz CT molecular complexity index is 1100. The Morgan fingerprint density at radius 3 is 2.39 bits per heavy atom. The number of nitrogens with zero attached hydrogens (tertiary/aromatic N) is 1. The van der Waals surface area contributed by atoms with E-state index in [-0.39, 0.29) is 24.8 Å². The molecule has 0 atom stereocenters. The second kappa shape index (κ2) is 12.0. The molecule has 0 saturated heterocycles. The minimum atomic E-state index is -0.270. The summed E-state index contributed by atoms with van der Waals surface area (Å²) in [6, 6.07) is 22.2. The van der Waals surface area contributed by atoms with Crippen molar-refractivity contribution in [3.8, 4) is 11.5 Å². The van der Waals surface area contributed by atoms with Crippen LogP contribution in [0.5, 0.6) is 11.5 Å². The summed E-state index contributed by atoms with van der Waals surface area (Å²) in [5, 5.41) is 6.80. The van der Waals surface area contributed by atoms with Gasteiger partial charge >= 0.3 is 0 Å². The number of aryl methyl sites for hydroxylation is 1. The van der Waals surface area contributed by atoms with Crippen LogP contribution in [-0.2, 0) is 16.0 Å². The van der Waals surface area contributed by atoms with Crippen LogP contribution in [0.2, 0.25) is 0 Å². The van der Waals surface area contributed by atoms with Crippen molar-refractivity contribution >= 4 is 23.7 Å². The molecule has 0 fully saturated rings. The van der Waals surface area contributed by atoms with E-state index >= 15 is 0 Å². The van der Waals surface area contributed by atoms with Crippen molar-refractivity contribution in [3.63, 3.8) is 0 Å². The zero-order valence-corrected chi connectivity index (χ0v) is 18.7. The molecule has 0 radical (unpaired) electrons. The molecule has 7 nitrogen and oxygen atoms in total. The van der Waals surface area contributed by atoms with Crippen LogP contribution in [0.1, 0.15) is 23.6 Å². The highest BCUT2D eigenvalue weighted by atomic mass is 16.5. The molecule has 3 aromatic carbocycles. The van der Waals surface area contributed by atoms with Crippen LogP contribution in [0, 0.1) is 6.92 Å². The smallest absolute Gasteiger partial charge is 0.262 e. The first-order chi connectivity index (χ1) is 16.0. The number of benzene rings is 3. The molecular formula is C26H27N3O4. The van der Waals surface area contributed by atoms with Crippen LogP contribution < -0.4 is 20.2 Å². The number of carbonyl (C=O) groups excluding carboxylic acids is 2. The highest BCUT2D eigenvalue weighted by Crippen LogP contribution is 2.28. The third kappa shape index (κ3) is 7.81. The van der Waals surface area contributed by atoms with Crippen LogP contribution in [-0.4, -0.2) is 31.2 Å². The number of hydrogen-bond acceptors (Lipinski definition) is 5. The third-order valence-electron chi connectivity index (χ3n) is 4.57. The van der Waals surface area contributed by atoms with E-state index in [0.717, 1.165) is 16.7 Å². The zero-order valence-electron chi connectivity index (χ0n) is 18.7. The molecule has 2 amide bonds. The normalized spacial score (nSPS) is 10.6. The van der Waals surface area contributed by atoms with Crippen molar-refractivity contribution in [2.24, 2.45) is 5.10 Å². The van der Waals surface area contributed by atoms with E-state index in [1.54, 1.807) is 18.2 Å². The fourth-order valence-electron chi connectivity index (χ4n) is 2.97. The summed E-state index contributed by atoms with van der Waals surface area (Å²) >= 11 is 0. The lowest BCUT2D eigenvalue weighted by atomic mass is 10.1. The molecule has 3 rings (SSSR count). The van der Waals surface area contributed by atoms with Gasteiger partial charge in [0, 0.05) is 5.69 Å². The summed E-state index contributed by atoms with van der Waals surface area (Å²) in [5.41, 5.74) is 5.97. The topological polar surface area (TPSA) is 89.0 Å². The van der Waals surface area contributed by atoms with E-state index in [1.165, 1.54) is 6.21 Å². The summed E-state index contributed by atoms with van der Waals surface area (Å²) < 4.78 is 11.3. The molecule has 33 heavy (non-hydrogen) atoms. The van der Waals surface area contributed by atoms with Crippen molar-refractivity contribution in [1.29, 1.82) is 0 Å². The number of hydrazone groups is 1. The second-order valence-electron chi connectivity index (χ2n) is 7.30. The molecule has 0 bridgehead atoms. The van der Waals surface area contributed by atoms with E-state index in [0.29, 0.717) is 23.8 Å². The minimum Gasteiger partial charge on any atom is -0.490 e. The molecule has 0 aromatic heterocycles. The first-order valence-corrected chi connectivity index (χ1v) is 10.7. The number of carbonyl (C=O) groups is 2. The monoisotopic (exact) mass is 445 g/mol. The average molecular weight is 446 g/mol. The van der Waals surface area contributed by atoms with Crippen LogP contribution in [0.15, 0.2) is 77.9 Å². The molecule has 3 aromatic rings. The molecule has 0 aliphatic heterocycles. The number of hydrogen-bond donors (Lipinski definition) is 2. The van der Waals surface area contributed by atoms with Gasteiger partial charge in [0.05, 0.1) is 19.2 Å². The maximum absolute atomic E-state index is 12.2. The molecule has 0 saturated carbocycles. The number of amides is 2. The average Bonchev–Trinajstić information content (AvgIpc) is 2.81. The second-order valence-corrected chi connectivity index (χ2v) is 7.30. The first kappa shape index (κ1) is 23.5. The van der Waals surface area contributed by atoms with Gasteiger partial charge in [0.25, 0.3) is 5.91 Å². The highest BCUT2D eigenvalue weighted by molar-refractivity contribution is 5.92. The van der Waals surface area contributed by atoms with Gasteiger partial charge in [-0.25, -0.2) is 5.43 Å². The molecule has 0 unspecified atom stereocenters. The van der Waals surface area contributed by atoms with Crippen molar-refractivity contribution in [1.82, 2.24) is 5.43 Å². The van der Waals surface area contributed by atoms with Gasteiger partial charge in [-0.05, 0) is 55.3 Å².